The molecule has 0 aromatic rings. The van der Waals surface area contributed by atoms with Crippen molar-refractivity contribution in [1.29, 1.82) is 0 Å². The molecule has 1 fully saturated rings. The summed E-state index contributed by atoms with van der Waals surface area (Å²) in [5.41, 5.74) is 0.118. The molecule has 0 aromatic heterocycles. The van der Waals surface area contributed by atoms with Gasteiger partial charge in [0, 0.05) is 11.6 Å². The number of carboxylic acids is 1. The Kier molecular flexibility index (Phi) is 3.39. The topological polar surface area (TPSA) is 66.8 Å². The first-order chi connectivity index (χ1) is 8.79. The van der Waals surface area contributed by atoms with Crippen LogP contribution in [-0.4, -0.2) is 33.7 Å². The van der Waals surface area contributed by atoms with Gasteiger partial charge < -0.3 is 9.84 Å². The molecule has 0 aromatic carbocycles. The van der Waals surface area contributed by atoms with Gasteiger partial charge in [-0.2, -0.15) is 0 Å². The molecule has 0 saturated carbocycles. The number of carbonyl (C=O) groups is 2. The van der Waals surface area contributed by atoms with Crippen LogP contribution in [0, 0.1) is 5.92 Å². The van der Waals surface area contributed by atoms with Crippen LogP contribution in [0.25, 0.3) is 0 Å². The van der Waals surface area contributed by atoms with Crippen molar-refractivity contribution >= 4 is 12.1 Å². The molecule has 5 nitrogen and oxygen atoms in total. The first kappa shape index (κ1) is 13.6. The van der Waals surface area contributed by atoms with Crippen LogP contribution in [0.4, 0.5) is 4.79 Å². The molecular formula is C14H19NO4. The molecule has 5 heteroatoms. The van der Waals surface area contributed by atoms with Gasteiger partial charge in [0.05, 0.1) is 0 Å². The van der Waals surface area contributed by atoms with Crippen molar-refractivity contribution < 1.29 is 19.4 Å². The average Bonchev–Trinajstić information content (AvgIpc) is 2.65. The predicted molar refractivity (Wildman–Crippen MR) is 69.4 cm³/mol. The van der Waals surface area contributed by atoms with Gasteiger partial charge in [-0.15, -0.1) is 0 Å². The molecule has 0 spiro atoms. The summed E-state index contributed by atoms with van der Waals surface area (Å²) in [4.78, 5) is 24.8. The molecule has 104 valence electrons. The molecule has 1 aliphatic carbocycles. The van der Waals surface area contributed by atoms with Crippen molar-refractivity contribution in [2.24, 2.45) is 5.92 Å². The zero-order valence-corrected chi connectivity index (χ0v) is 11.4. The molecule has 0 radical (unpaired) electrons. The third kappa shape index (κ3) is 2.80. The monoisotopic (exact) mass is 265 g/mol. The lowest BCUT2D eigenvalue weighted by Gasteiger charge is -2.28. The number of aliphatic carboxylic acids is 1. The predicted octanol–water partition coefficient (Wildman–Crippen LogP) is 2.54. The first-order valence-corrected chi connectivity index (χ1v) is 6.41. The van der Waals surface area contributed by atoms with Gasteiger partial charge in [0.2, 0.25) is 0 Å². The summed E-state index contributed by atoms with van der Waals surface area (Å²) >= 11 is 0. The molecular weight excluding hydrogens is 246 g/mol. The smallest absolute Gasteiger partial charge is 0.415 e. The summed E-state index contributed by atoms with van der Waals surface area (Å²) in [5.74, 6) is -0.889. The number of amides is 1. The molecule has 1 amide bonds. The summed E-state index contributed by atoms with van der Waals surface area (Å²) in [6.45, 7) is 5.30. The van der Waals surface area contributed by atoms with E-state index >= 15 is 0 Å². The lowest BCUT2D eigenvalue weighted by molar-refractivity contribution is -0.141. The summed E-state index contributed by atoms with van der Waals surface area (Å²) in [6.07, 6.45) is 6.30. The number of hydrogen-bond acceptors (Lipinski definition) is 3. The van der Waals surface area contributed by atoms with Crippen molar-refractivity contribution in [2.75, 3.05) is 0 Å². The van der Waals surface area contributed by atoms with E-state index in [9.17, 15) is 14.7 Å². The third-order valence-corrected chi connectivity index (χ3v) is 3.21. The van der Waals surface area contributed by atoms with E-state index < -0.39 is 23.7 Å². The van der Waals surface area contributed by atoms with Crippen LogP contribution in [0.2, 0.25) is 0 Å². The van der Waals surface area contributed by atoms with E-state index in [1.165, 1.54) is 4.90 Å². The van der Waals surface area contributed by atoms with Crippen molar-refractivity contribution in [3.8, 4) is 0 Å². The van der Waals surface area contributed by atoms with Crippen molar-refractivity contribution in [3.05, 3.63) is 23.9 Å². The largest absolute Gasteiger partial charge is 0.480 e. The Morgan fingerprint density at radius 3 is 2.68 bits per heavy atom. The first-order valence-electron chi connectivity index (χ1n) is 6.41. The number of nitrogens with zero attached hydrogens (tertiary/aromatic N) is 1. The van der Waals surface area contributed by atoms with Crippen LogP contribution in [0.5, 0.6) is 0 Å². The standard InChI is InChI=1S/C14H19NO4/c1-14(2,3)19-13(18)15-10-7-5-4-6-9(10)8-11(15)12(16)17/h4-5,7,9,11H,6,8H2,1-3H3,(H,16,17). The Bertz CT molecular complexity index is 459. The number of carbonyl (C=O) groups excluding carboxylic acids is 1. The minimum Gasteiger partial charge on any atom is -0.480 e. The van der Waals surface area contributed by atoms with E-state index in [-0.39, 0.29) is 5.92 Å². The second kappa shape index (κ2) is 4.72. The van der Waals surface area contributed by atoms with Gasteiger partial charge >= 0.3 is 12.1 Å². The Morgan fingerprint density at radius 2 is 2.11 bits per heavy atom. The number of rotatable bonds is 1. The number of allylic oxidation sites excluding steroid dienone is 4. The van der Waals surface area contributed by atoms with Crippen LogP contribution in [0.3, 0.4) is 0 Å². The molecule has 0 bridgehead atoms. The van der Waals surface area contributed by atoms with Gasteiger partial charge in [-0.05, 0) is 39.7 Å². The lowest BCUT2D eigenvalue weighted by Crippen LogP contribution is -2.42. The Labute approximate surface area is 112 Å². The highest BCUT2D eigenvalue weighted by atomic mass is 16.6. The number of likely N-dealkylation sites (tertiary alicyclic amines) is 1. The zero-order chi connectivity index (χ0) is 14.2. The van der Waals surface area contributed by atoms with Gasteiger partial charge in [-0.3, -0.25) is 4.90 Å². The molecule has 19 heavy (non-hydrogen) atoms. The number of fused-ring (bicyclic) bond motifs is 1. The molecule has 1 N–H and O–H groups in total. The van der Waals surface area contributed by atoms with Gasteiger partial charge in [0.25, 0.3) is 0 Å². The fourth-order valence-electron chi connectivity index (χ4n) is 2.47. The van der Waals surface area contributed by atoms with Crippen molar-refractivity contribution in [2.45, 2.75) is 45.3 Å². The van der Waals surface area contributed by atoms with E-state index in [0.717, 1.165) is 12.1 Å². The van der Waals surface area contributed by atoms with Gasteiger partial charge in [-0.25, -0.2) is 9.59 Å². The molecule has 2 unspecified atom stereocenters. The Balaban J connectivity index is 2.27. The third-order valence-electron chi connectivity index (χ3n) is 3.21. The fourth-order valence-corrected chi connectivity index (χ4v) is 2.47. The number of ether oxygens (including phenoxy) is 1. The molecule has 2 rings (SSSR count). The molecule has 2 aliphatic rings. The minimum absolute atomic E-state index is 0.0959. The highest BCUT2D eigenvalue weighted by Gasteiger charge is 2.45. The molecule has 2 atom stereocenters. The van der Waals surface area contributed by atoms with Crippen molar-refractivity contribution in [3.63, 3.8) is 0 Å². The number of hydrogen-bond donors (Lipinski definition) is 1. The van der Waals surface area contributed by atoms with E-state index in [1.807, 2.05) is 12.2 Å². The van der Waals surface area contributed by atoms with E-state index in [4.69, 9.17) is 4.74 Å². The summed E-state index contributed by atoms with van der Waals surface area (Å²) in [5, 5.41) is 9.28. The van der Waals surface area contributed by atoms with Crippen LogP contribution in [-0.2, 0) is 9.53 Å². The summed E-state index contributed by atoms with van der Waals surface area (Å²) < 4.78 is 5.31. The van der Waals surface area contributed by atoms with Crippen LogP contribution < -0.4 is 0 Å². The maximum Gasteiger partial charge on any atom is 0.415 e. The maximum absolute atomic E-state index is 12.2. The van der Waals surface area contributed by atoms with Crippen molar-refractivity contribution in [1.82, 2.24) is 4.90 Å². The van der Waals surface area contributed by atoms with Crippen LogP contribution >= 0.6 is 0 Å². The lowest BCUT2D eigenvalue weighted by atomic mass is 9.96. The highest BCUT2D eigenvalue weighted by Crippen LogP contribution is 2.38. The SMILES string of the molecule is CC(C)(C)OC(=O)N1C2=CC=CCC2CC1C(=O)O. The Hall–Kier alpha value is -1.78. The van der Waals surface area contributed by atoms with Crippen LogP contribution in [0.15, 0.2) is 23.9 Å². The summed E-state index contributed by atoms with van der Waals surface area (Å²) in [6, 6.07) is -0.828. The van der Waals surface area contributed by atoms with Crippen LogP contribution in [0.1, 0.15) is 33.6 Å². The molecule has 1 saturated heterocycles. The second-order valence-electron chi connectivity index (χ2n) is 5.89. The highest BCUT2D eigenvalue weighted by molar-refractivity contribution is 5.83. The fraction of sp³-hybridized carbons (Fsp3) is 0.571. The maximum atomic E-state index is 12.2. The molecule has 1 aliphatic heterocycles. The minimum atomic E-state index is -0.985. The Morgan fingerprint density at radius 1 is 1.42 bits per heavy atom. The quantitative estimate of drug-likeness (QED) is 0.791. The average molecular weight is 265 g/mol. The van der Waals surface area contributed by atoms with Gasteiger partial charge in [-0.1, -0.05) is 12.2 Å². The van der Waals surface area contributed by atoms with E-state index in [0.29, 0.717) is 6.42 Å². The zero-order valence-electron chi connectivity index (χ0n) is 11.4. The molecule has 1 heterocycles. The summed E-state index contributed by atoms with van der Waals surface area (Å²) in [7, 11) is 0. The number of carboxylic acid groups (broad SMARTS) is 1. The van der Waals surface area contributed by atoms with Gasteiger partial charge in [0.15, 0.2) is 0 Å². The van der Waals surface area contributed by atoms with E-state index in [2.05, 4.69) is 0 Å². The normalized spacial score (nSPS) is 25.8. The van der Waals surface area contributed by atoms with E-state index in [1.54, 1.807) is 26.8 Å². The second-order valence-corrected chi connectivity index (χ2v) is 5.89. The van der Waals surface area contributed by atoms with Gasteiger partial charge in [0.1, 0.15) is 11.6 Å².